The monoisotopic (exact) mass is 340 g/mol. The molecule has 1 aromatic heterocycles. The molecule has 0 fully saturated rings. The summed E-state index contributed by atoms with van der Waals surface area (Å²) in [5.74, 6) is 0.307. The van der Waals surface area contributed by atoms with E-state index < -0.39 is 5.97 Å². The summed E-state index contributed by atoms with van der Waals surface area (Å²) in [6.45, 7) is 6.70. The molecule has 4 rings (SSSR count). The molecule has 2 aliphatic carbocycles. The third-order valence-corrected chi connectivity index (χ3v) is 6.53. The Kier molecular flexibility index (Phi) is 3.30. The first kappa shape index (κ1) is 16.2. The van der Waals surface area contributed by atoms with Crippen LogP contribution in [0.1, 0.15) is 60.1 Å². The molecular weight excluding hydrogens is 316 g/mol. The van der Waals surface area contributed by atoms with Gasteiger partial charge in [0.25, 0.3) is 0 Å². The van der Waals surface area contributed by atoms with E-state index in [1.165, 1.54) is 11.1 Å². The normalized spacial score (nSPS) is 26.3. The molecule has 0 spiro atoms. The van der Waals surface area contributed by atoms with Gasteiger partial charge in [-0.1, -0.05) is 26.8 Å². The number of hydrogen-bond donors (Lipinski definition) is 2. The van der Waals surface area contributed by atoms with E-state index in [1.807, 2.05) is 6.07 Å². The third kappa shape index (κ3) is 2.08. The number of nitrogens with zero attached hydrogens (tertiary/aromatic N) is 1. The third-order valence-electron chi connectivity index (χ3n) is 6.53. The van der Waals surface area contributed by atoms with E-state index in [9.17, 15) is 9.90 Å². The van der Waals surface area contributed by atoms with Gasteiger partial charge in [0.1, 0.15) is 5.75 Å². The number of aromatic nitrogens is 2. The lowest BCUT2D eigenvalue weighted by molar-refractivity contribution is 0.0687. The average molecular weight is 340 g/mol. The molecule has 0 radical (unpaired) electrons. The zero-order valence-electron chi connectivity index (χ0n) is 15.1. The molecule has 0 aliphatic heterocycles. The molecule has 1 heterocycles. The minimum absolute atomic E-state index is 0.132. The number of carboxylic acids is 1. The second-order valence-corrected chi connectivity index (χ2v) is 8.16. The van der Waals surface area contributed by atoms with Crippen molar-refractivity contribution in [2.75, 3.05) is 7.11 Å². The zero-order valence-corrected chi connectivity index (χ0v) is 15.1. The Morgan fingerprint density at radius 1 is 1.36 bits per heavy atom. The lowest BCUT2D eigenvalue weighted by Crippen LogP contribution is -2.52. The molecule has 2 atom stereocenters. The summed E-state index contributed by atoms with van der Waals surface area (Å²) in [5, 5.41) is 16.7. The maximum absolute atomic E-state index is 11.7. The highest BCUT2D eigenvalue weighted by Crippen LogP contribution is 2.56. The SMILES string of the molecule is COc1ccc2c(c1)[C@@]1(C)Cc3c(C(=O)O)n[nH]c3C(C)(C)C1CC2. The summed E-state index contributed by atoms with van der Waals surface area (Å²) in [5.41, 5.74) is 4.35. The number of hydrogen-bond acceptors (Lipinski definition) is 3. The van der Waals surface area contributed by atoms with Crippen LogP contribution < -0.4 is 4.74 Å². The van der Waals surface area contributed by atoms with Gasteiger partial charge in [0, 0.05) is 22.1 Å². The highest BCUT2D eigenvalue weighted by atomic mass is 16.5. The van der Waals surface area contributed by atoms with Crippen LogP contribution in [0.5, 0.6) is 5.75 Å². The van der Waals surface area contributed by atoms with Crippen molar-refractivity contribution in [1.29, 1.82) is 0 Å². The number of carbonyl (C=O) groups is 1. The van der Waals surface area contributed by atoms with Gasteiger partial charge in [-0.15, -0.1) is 0 Å². The Morgan fingerprint density at radius 3 is 2.80 bits per heavy atom. The van der Waals surface area contributed by atoms with E-state index >= 15 is 0 Å². The molecule has 0 saturated carbocycles. The number of aromatic carboxylic acids is 1. The van der Waals surface area contributed by atoms with Gasteiger partial charge in [0.05, 0.1) is 7.11 Å². The van der Waals surface area contributed by atoms with Crippen molar-refractivity contribution in [3.63, 3.8) is 0 Å². The number of carboxylic acid groups (broad SMARTS) is 1. The van der Waals surface area contributed by atoms with Crippen LogP contribution in [0.4, 0.5) is 0 Å². The summed E-state index contributed by atoms with van der Waals surface area (Å²) in [6, 6.07) is 6.32. The molecule has 0 saturated heterocycles. The predicted molar refractivity (Wildman–Crippen MR) is 94.4 cm³/mol. The van der Waals surface area contributed by atoms with E-state index in [4.69, 9.17) is 4.74 Å². The van der Waals surface area contributed by atoms with Gasteiger partial charge >= 0.3 is 5.97 Å². The number of aromatic amines is 1. The van der Waals surface area contributed by atoms with Crippen LogP contribution in [0, 0.1) is 5.92 Å². The van der Waals surface area contributed by atoms with Gasteiger partial charge in [-0.3, -0.25) is 5.10 Å². The Hall–Kier alpha value is -2.30. The van der Waals surface area contributed by atoms with Gasteiger partial charge in [-0.2, -0.15) is 5.10 Å². The Balaban J connectivity index is 1.94. The van der Waals surface area contributed by atoms with Crippen LogP contribution in [-0.4, -0.2) is 28.4 Å². The minimum Gasteiger partial charge on any atom is -0.497 e. The lowest BCUT2D eigenvalue weighted by Gasteiger charge is -2.53. The topological polar surface area (TPSA) is 75.2 Å². The number of methoxy groups -OCH3 is 1. The Bertz CT molecular complexity index is 868. The first-order chi connectivity index (χ1) is 11.8. The summed E-state index contributed by atoms with van der Waals surface area (Å²) in [6.07, 6.45) is 2.82. The largest absolute Gasteiger partial charge is 0.497 e. The van der Waals surface area contributed by atoms with E-state index in [2.05, 4.69) is 43.1 Å². The van der Waals surface area contributed by atoms with Crippen molar-refractivity contribution < 1.29 is 14.6 Å². The van der Waals surface area contributed by atoms with Crippen molar-refractivity contribution in [3.8, 4) is 5.75 Å². The van der Waals surface area contributed by atoms with Crippen LogP contribution in [0.2, 0.25) is 0 Å². The van der Waals surface area contributed by atoms with Gasteiger partial charge in [0.15, 0.2) is 5.69 Å². The van der Waals surface area contributed by atoms with Crippen molar-refractivity contribution in [2.24, 2.45) is 5.92 Å². The Labute approximate surface area is 147 Å². The molecule has 2 aliphatic rings. The van der Waals surface area contributed by atoms with Crippen LogP contribution in [-0.2, 0) is 23.7 Å². The molecular formula is C20H24N2O3. The number of ether oxygens (including phenoxy) is 1. The maximum atomic E-state index is 11.7. The zero-order chi connectivity index (χ0) is 18.0. The van der Waals surface area contributed by atoms with Crippen LogP contribution in [0.25, 0.3) is 0 Å². The molecule has 1 aromatic carbocycles. The number of H-pyrrole nitrogens is 1. The van der Waals surface area contributed by atoms with Crippen molar-refractivity contribution in [2.45, 2.75) is 50.9 Å². The second-order valence-electron chi connectivity index (χ2n) is 8.16. The molecule has 0 bridgehead atoms. The Morgan fingerprint density at radius 2 is 2.12 bits per heavy atom. The molecule has 2 N–H and O–H groups in total. The lowest BCUT2D eigenvalue weighted by atomic mass is 9.50. The number of fused-ring (bicyclic) bond motifs is 4. The van der Waals surface area contributed by atoms with Gasteiger partial charge in [0.2, 0.25) is 0 Å². The summed E-state index contributed by atoms with van der Waals surface area (Å²) in [7, 11) is 1.69. The fourth-order valence-corrected chi connectivity index (χ4v) is 5.40. The summed E-state index contributed by atoms with van der Waals surface area (Å²) in [4.78, 5) is 11.7. The molecule has 132 valence electrons. The van der Waals surface area contributed by atoms with Gasteiger partial charge in [-0.25, -0.2) is 4.79 Å². The molecule has 5 nitrogen and oxygen atoms in total. The van der Waals surface area contributed by atoms with Crippen LogP contribution >= 0.6 is 0 Å². The van der Waals surface area contributed by atoms with Crippen LogP contribution in [0.3, 0.4) is 0 Å². The van der Waals surface area contributed by atoms with E-state index in [0.717, 1.165) is 29.8 Å². The van der Waals surface area contributed by atoms with Crippen molar-refractivity contribution >= 4 is 5.97 Å². The predicted octanol–water partition coefficient (Wildman–Crippen LogP) is 3.47. The van der Waals surface area contributed by atoms with E-state index in [1.54, 1.807) is 7.11 Å². The molecule has 25 heavy (non-hydrogen) atoms. The second kappa shape index (κ2) is 5.10. The highest BCUT2D eigenvalue weighted by molar-refractivity contribution is 5.87. The fraction of sp³-hybridized carbons (Fsp3) is 0.500. The van der Waals surface area contributed by atoms with Crippen molar-refractivity contribution in [1.82, 2.24) is 10.2 Å². The smallest absolute Gasteiger partial charge is 0.356 e. The maximum Gasteiger partial charge on any atom is 0.356 e. The van der Waals surface area contributed by atoms with E-state index in [-0.39, 0.29) is 16.5 Å². The van der Waals surface area contributed by atoms with E-state index in [0.29, 0.717) is 12.3 Å². The number of benzene rings is 1. The highest BCUT2D eigenvalue weighted by Gasteiger charge is 2.54. The van der Waals surface area contributed by atoms with Crippen LogP contribution in [0.15, 0.2) is 18.2 Å². The van der Waals surface area contributed by atoms with Gasteiger partial charge < -0.3 is 9.84 Å². The fourth-order valence-electron chi connectivity index (χ4n) is 5.40. The summed E-state index contributed by atoms with van der Waals surface area (Å²) < 4.78 is 5.46. The number of rotatable bonds is 2. The first-order valence-electron chi connectivity index (χ1n) is 8.77. The minimum atomic E-state index is -0.961. The molecule has 2 aromatic rings. The number of nitrogens with one attached hydrogen (secondary N) is 1. The quantitative estimate of drug-likeness (QED) is 0.878. The summed E-state index contributed by atoms with van der Waals surface area (Å²) >= 11 is 0. The standard InChI is InChI=1S/C20H24N2O3/c1-19(2)15-8-6-11-5-7-12(25-4)9-14(11)20(15,3)10-13-16(18(23)24)21-22-17(13)19/h5,7,9,15H,6,8,10H2,1-4H3,(H,21,22)(H,23,24)/t15?,20-/m1/s1. The van der Waals surface area contributed by atoms with Gasteiger partial charge in [-0.05, 0) is 48.4 Å². The molecule has 0 amide bonds. The first-order valence-corrected chi connectivity index (χ1v) is 8.77. The molecule has 1 unspecified atom stereocenters. The number of aryl methyl sites for hydroxylation is 1. The average Bonchev–Trinajstić information content (AvgIpc) is 2.98. The molecule has 5 heteroatoms. The van der Waals surface area contributed by atoms with Crippen molar-refractivity contribution in [3.05, 3.63) is 46.3 Å².